The smallest absolute Gasteiger partial charge is 0.457 e. The molecule has 0 radical (unpaired) electrons. The second-order valence-electron chi connectivity index (χ2n) is 19.1. The first-order chi connectivity index (χ1) is 31.5. The highest BCUT2D eigenvalue weighted by Crippen LogP contribution is 2.47. The maximum absolute atomic E-state index is 12.9. The van der Waals surface area contributed by atoms with E-state index >= 15 is 0 Å². The van der Waals surface area contributed by atoms with E-state index in [-0.39, 0.29) is 13.0 Å². The van der Waals surface area contributed by atoms with Crippen LogP contribution in [-0.4, -0.2) is 98.9 Å². The van der Waals surface area contributed by atoms with Crippen molar-refractivity contribution in [3.63, 3.8) is 0 Å². The third-order valence-electron chi connectivity index (χ3n) is 12.9. The summed E-state index contributed by atoms with van der Waals surface area (Å²) in [6.07, 6.45) is 37.1. The molecule has 12 nitrogen and oxygen atoms in total. The zero-order chi connectivity index (χ0) is 47.6. The summed E-state index contributed by atoms with van der Waals surface area (Å²) in [5.74, 6) is -0.473. The van der Waals surface area contributed by atoms with E-state index in [1.54, 1.807) is 0 Å². The predicted octanol–water partition coefficient (Wildman–Crippen LogP) is 12.3. The zero-order valence-corrected chi connectivity index (χ0v) is 42.5. The molecule has 0 aromatic rings. The summed E-state index contributed by atoms with van der Waals surface area (Å²) in [5.41, 5.74) is 0. The molecule has 1 aliphatic rings. The molecule has 13 heteroatoms. The molecule has 1 fully saturated rings. The Labute approximate surface area is 397 Å². The van der Waals surface area contributed by atoms with Crippen molar-refractivity contribution in [1.82, 2.24) is 0 Å². The summed E-state index contributed by atoms with van der Waals surface area (Å²) in [5, 5.41) is 50.3. The number of esters is 1. The van der Waals surface area contributed by atoms with Crippen molar-refractivity contribution in [2.75, 3.05) is 19.8 Å². The van der Waals surface area contributed by atoms with Gasteiger partial charge >= 0.3 is 13.8 Å². The van der Waals surface area contributed by atoms with Gasteiger partial charge in [-0.25, -0.2) is 4.57 Å². The van der Waals surface area contributed by atoms with E-state index in [4.69, 9.17) is 18.5 Å². The van der Waals surface area contributed by atoms with Gasteiger partial charge in [0.05, 0.1) is 13.2 Å². The van der Waals surface area contributed by atoms with Crippen LogP contribution in [0.4, 0.5) is 0 Å². The van der Waals surface area contributed by atoms with Crippen LogP contribution in [0.3, 0.4) is 0 Å². The molecule has 6 unspecified atom stereocenters. The number of rotatable bonds is 47. The lowest BCUT2D eigenvalue weighted by Gasteiger charge is -2.41. The molecule has 386 valence electrons. The molecular formula is C52H101O12P. The van der Waals surface area contributed by atoms with Gasteiger partial charge in [0.1, 0.15) is 42.7 Å². The number of carbonyl (C=O) groups is 1. The molecule has 0 bridgehead atoms. The molecule has 0 aromatic carbocycles. The highest BCUT2D eigenvalue weighted by molar-refractivity contribution is 7.47. The van der Waals surface area contributed by atoms with Crippen molar-refractivity contribution in [2.24, 2.45) is 0 Å². The van der Waals surface area contributed by atoms with E-state index in [9.17, 15) is 39.8 Å². The highest BCUT2D eigenvalue weighted by Gasteiger charge is 2.51. The lowest BCUT2D eigenvalue weighted by atomic mass is 9.85. The number of hydrogen-bond acceptors (Lipinski definition) is 11. The summed E-state index contributed by atoms with van der Waals surface area (Å²) in [6, 6.07) is 0. The van der Waals surface area contributed by atoms with E-state index in [2.05, 4.69) is 26.0 Å². The fourth-order valence-electron chi connectivity index (χ4n) is 8.59. The SMILES string of the molecule is CCCCCCC/C=C\CCCCCCCCOCC(COP(=O)(O)OC1C(O)C(O)C(O)C(O)C1O)OC(=O)CCCCCCCCCCCCCCCCCCCCCCCCC. The van der Waals surface area contributed by atoms with Crippen LogP contribution in [0.2, 0.25) is 0 Å². The first-order valence-electron chi connectivity index (χ1n) is 27.0. The van der Waals surface area contributed by atoms with Crippen molar-refractivity contribution in [3.05, 3.63) is 12.2 Å². The number of ether oxygens (including phenoxy) is 2. The van der Waals surface area contributed by atoms with Gasteiger partial charge in [-0.05, 0) is 38.5 Å². The van der Waals surface area contributed by atoms with Crippen LogP contribution in [-0.2, 0) is 27.9 Å². The minimum absolute atomic E-state index is 0.0750. The van der Waals surface area contributed by atoms with Crippen LogP contribution in [0, 0.1) is 0 Å². The molecular weight excluding hydrogens is 848 g/mol. The fraction of sp³-hybridized carbons (Fsp3) is 0.942. The first kappa shape index (κ1) is 62.1. The van der Waals surface area contributed by atoms with Gasteiger partial charge in [0.15, 0.2) is 0 Å². The highest BCUT2D eigenvalue weighted by atomic mass is 31.2. The molecule has 65 heavy (non-hydrogen) atoms. The summed E-state index contributed by atoms with van der Waals surface area (Å²) in [4.78, 5) is 23.3. The number of allylic oxidation sites excluding steroid dienone is 2. The second kappa shape index (κ2) is 43.1. The Kier molecular flexibility index (Phi) is 41.2. The summed E-state index contributed by atoms with van der Waals surface area (Å²) < 4.78 is 34.3. The number of unbranched alkanes of at least 4 members (excludes halogenated alkanes) is 33. The second-order valence-corrected chi connectivity index (χ2v) is 20.5. The Hall–Kier alpha value is -0.920. The molecule has 1 rings (SSSR count). The maximum Gasteiger partial charge on any atom is 0.472 e. The minimum atomic E-state index is -5.02. The molecule has 0 aromatic heterocycles. The van der Waals surface area contributed by atoms with Crippen LogP contribution in [0.25, 0.3) is 0 Å². The van der Waals surface area contributed by atoms with Gasteiger partial charge in [0, 0.05) is 13.0 Å². The topological polar surface area (TPSA) is 192 Å². The normalized spacial score (nSPS) is 21.5. The average Bonchev–Trinajstić information content (AvgIpc) is 3.29. The van der Waals surface area contributed by atoms with E-state index in [1.165, 1.54) is 173 Å². The van der Waals surface area contributed by atoms with Gasteiger partial charge < -0.3 is 39.9 Å². The van der Waals surface area contributed by atoms with E-state index in [0.717, 1.165) is 51.4 Å². The quantitative estimate of drug-likeness (QED) is 0.0147. The van der Waals surface area contributed by atoms with Crippen LogP contribution in [0.1, 0.15) is 251 Å². The Morgan fingerprint density at radius 1 is 0.477 bits per heavy atom. The number of carbonyl (C=O) groups excluding carboxylic acids is 1. The lowest BCUT2D eigenvalue weighted by Crippen LogP contribution is -2.64. The zero-order valence-electron chi connectivity index (χ0n) is 41.6. The minimum Gasteiger partial charge on any atom is -0.457 e. The number of hydrogen-bond donors (Lipinski definition) is 6. The monoisotopic (exact) mass is 949 g/mol. The third kappa shape index (κ3) is 34.9. The van der Waals surface area contributed by atoms with Crippen LogP contribution in [0.15, 0.2) is 12.2 Å². The Bertz CT molecular complexity index is 1130. The van der Waals surface area contributed by atoms with Gasteiger partial charge in [-0.15, -0.1) is 0 Å². The van der Waals surface area contributed by atoms with Crippen LogP contribution < -0.4 is 0 Å². The van der Waals surface area contributed by atoms with Crippen molar-refractivity contribution < 1.29 is 58.3 Å². The average molecular weight is 949 g/mol. The molecule has 0 saturated heterocycles. The molecule has 0 aliphatic heterocycles. The summed E-state index contributed by atoms with van der Waals surface area (Å²) >= 11 is 0. The van der Waals surface area contributed by atoms with Gasteiger partial charge in [0.2, 0.25) is 0 Å². The van der Waals surface area contributed by atoms with Crippen molar-refractivity contribution in [1.29, 1.82) is 0 Å². The van der Waals surface area contributed by atoms with Crippen LogP contribution >= 0.6 is 7.82 Å². The van der Waals surface area contributed by atoms with E-state index in [1.807, 2.05) is 0 Å². The molecule has 1 saturated carbocycles. The first-order valence-corrected chi connectivity index (χ1v) is 28.5. The van der Waals surface area contributed by atoms with Gasteiger partial charge in [-0.1, -0.05) is 219 Å². The molecule has 0 spiro atoms. The number of aliphatic hydroxyl groups is 5. The number of phosphoric ester groups is 1. The lowest BCUT2D eigenvalue weighted by molar-refractivity contribution is -0.220. The van der Waals surface area contributed by atoms with E-state index < -0.39 is 63.1 Å². The largest absolute Gasteiger partial charge is 0.472 e. The fourth-order valence-corrected chi connectivity index (χ4v) is 9.56. The molecule has 1 aliphatic carbocycles. The van der Waals surface area contributed by atoms with Gasteiger partial charge in [0.25, 0.3) is 0 Å². The standard InChI is InChI=1S/C52H101O12P/c1-3-5-7-9-11-13-15-17-19-20-21-22-23-24-25-26-27-29-31-33-35-37-39-41-46(53)63-45(44-62-65(59,60)64-52-50(57)48(55)47(54)49(56)51(52)58)43-61-42-40-38-36-34-32-30-28-18-16-14-12-10-8-6-4-2/h16,18,45,47-52,54-58H,3-15,17,19-44H2,1-2H3,(H,59,60)/b18-16-. The Balaban J connectivity index is 2.28. The van der Waals surface area contributed by atoms with Crippen molar-refractivity contribution >= 4 is 13.8 Å². The van der Waals surface area contributed by atoms with Crippen molar-refractivity contribution in [2.45, 2.75) is 294 Å². The van der Waals surface area contributed by atoms with Gasteiger partial charge in [-0.3, -0.25) is 13.8 Å². The molecule has 0 amide bonds. The Morgan fingerprint density at radius 3 is 1.22 bits per heavy atom. The molecule has 6 atom stereocenters. The number of phosphoric acid groups is 1. The number of aliphatic hydroxyl groups excluding tert-OH is 5. The molecule has 6 N–H and O–H groups in total. The summed E-state index contributed by atoms with van der Waals surface area (Å²) in [6.45, 7) is 4.29. The predicted molar refractivity (Wildman–Crippen MR) is 263 cm³/mol. The Morgan fingerprint density at radius 2 is 0.815 bits per heavy atom. The molecule has 0 heterocycles. The maximum atomic E-state index is 12.9. The van der Waals surface area contributed by atoms with Crippen molar-refractivity contribution in [3.8, 4) is 0 Å². The summed E-state index contributed by atoms with van der Waals surface area (Å²) in [7, 11) is -5.02. The van der Waals surface area contributed by atoms with Gasteiger partial charge in [-0.2, -0.15) is 0 Å². The van der Waals surface area contributed by atoms with E-state index in [0.29, 0.717) is 13.0 Å². The van der Waals surface area contributed by atoms with Crippen LogP contribution in [0.5, 0.6) is 0 Å². The third-order valence-corrected chi connectivity index (χ3v) is 13.9.